The number of allylic oxidation sites excluding steroid dienone is 30. The van der Waals surface area contributed by atoms with Crippen LogP contribution in [0.3, 0.4) is 0 Å². The fraction of sp³-hybridized carbons (Fsp3) is 0.493. The van der Waals surface area contributed by atoms with Gasteiger partial charge in [0.2, 0.25) is 0 Å². The van der Waals surface area contributed by atoms with Crippen LogP contribution in [0.5, 0.6) is 0 Å². The normalized spacial score (nSPS) is 19.2. The zero-order valence-electron chi connectivity index (χ0n) is 47.8. The molecule has 12 nitrogen and oxygen atoms in total. The number of hydrogen-bond donors (Lipinski definition) is 3. The highest BCUT2D eigenvalue weighted by Gasteiger charge is 2.50. The number of esters is 3. The molecule has 0 bridgehead atoms. The Morgan fingerprint density at radius 3 is 1.13 bits per heavy atom. The van der Waals surface area contributed by atoms with Crippen molar-refractivity contribution in [1.29, 1.82) is 0 Å². The van der Waals surface area contributed by atoms with Crippen LogP contribution in [0.2, 0.25) is 0 Å². The number of carboxylic acid groups (broad SMARTS) is 1. The topological polar surface area (TPSA) is 175 Å². The molecule has 1 aliphatic rings. The number of hydrogen-bond acceptors (Lipinski definition) is 11. The maximum atomic E-state index is 13.1. The Hall–Kier alpha value is -6.18. The van der Waals surface area contributed by atoms with E-state index in [1.54, 1.807) is 0 Å². The summed E-state index contributed by atoms with van der Waals surface area (Å²) < 4.78 is 28.1. The van der Waals surface area contributed by atoms with Crippen molar-refractivity contribution in [1.82, 2.24) is 0 Å². The van der Waals surface area contributed by atoms with Crippen molar-refractivity contribution in [2.45, 2.75) is 199 Å². The Balaban J connectivity index is 2.82. The summed E-state index contributed by atoms with van der Waals surface area (Å²) >= 11 is 0. The van der Waals surface area contributed by atoms with Crippen LogP contribution in [0.15, 0.2) is 182 Å². The molecule has 1 saturated heterocycles. The molecule has 12 heteroatoms. The van der Waals surface area contributed by atoms with Gasteiger partial charge in [-0.3, -0.25) is 14.4 Å². The Morgan fingerprint density at radius 2 is 0.759 bits per heavy atom. The van der Waals surface area contributed by atoms with Crippen molar-refractivity contribution >= 4 is 23.9 Å². The van der Waals surface area contributed by atoms with E-state index in [-0.39, 0.29) is 19.3 Å². The minimum absolute atomic E-state index is 0.00709. The van der Waals surface area contributed by atoms with Crippen LogP contribution in [0.1, 0.15) is 162 Å². The molecule has 3 N–H and O–H groups in total. The van der Waals surface area contributed by atoms with E-state index < -0.39 is 73.9 Å². The van der Waals surface area contributed by atoms with Crippen molar-refractivity contribution in [3.05, 3.63) is 182 Å². The van der Waals surface area contributed by atoms with E-state index in [4.69, 9.17) is 23.7 Å². The van der Waals surface area contributed by atoms with Crippen LogP contribution >= 0.6 is 0 Å². The molecule has 0 aromatic rings. The Kier molecular flexibility index (Phi) is 47.1. The molecule has 0 saturated carbocycles. The summed E-state index contributed by atoms with van der Waals surface area (Å²) in [7, 11) is 0. The van der Waals surface area contributed by atoms with Gasteiger partial charge in [-0.25, -0.2) is 4.79 Å². The van der Waals surface area contributed by atoms with Gasteiger partial charge in [0, 0.05) is 19.3 Å². The predicted molar refractivity (Wildman–Crippen MR) is 321 cm³/mol. The monoisotopic (exact) mass is 1090 g/mol. The minimum Gasteiger partial charge on any atom is -0.479 e. The molecule has 0 spiro atoms. The van der Waals surface area contributed by atoms with Gasteiger partial charge in [0.25, 0.3) is 0 Å². The highest BCUT2D eigenvalue weighted by atomic mass is 16.7. The molecule has 1 aliphatic heterocycles. The number of aliphatic hydroxyl groups excluding tert-OH is 2. The summed E-state index contributed by atoms with van der Waals surface area (Å²) in [6.07, 6.45) is 67.6. The van der Waals surface area contributed by atoms with Crippen LogP contribution in [-0.2, 0) is 42.9 Å². The first-order valence-electron chi connectivity index (χ1n) is 28.8. The SMILES string of the molecule is CC/C=C\C/C=C\C/C=C\C/C=C\C/C=C\C/C=C\CCC(=O)OCC(COC1OC(C(=O)O)C(O)C(O)C1OC(=O)CCC/C=C\C/C=C\C/C=C\C/C=C\C/C=C\CC)OC(=O)CC/C=C\C/C=C\C/C=C\C/C=C\CC. The summed E-state index contributed by atoms with van der Waals surface area (Å²) in [5.41, 5.74) is 0. The van der Waals surface area contributed by atoms with Gasteiger partial charge in [-0.15, -0.1) is 0 Å². The molecule has 6 unspecified atom stereocenters. The summed E-state index contributed by atoms with van der Waals surface area (Å²) in [4.78, 5) is 51.0. The van der Waals surface area contributed by atoms with Gasteiger partial charge >= 0.3 is 23.9 Å². The second-order valence-corrected chi connectivity index (χ2v) is 18.4. The first kappa shape index (κ1) is 70.8. The van der Waals surface area contributed by atoms with E-state index in [0.717, 1.165) is 83.5 Å². The fourth-order valence-electron chi connectivity index (χ4n) is 7.20. The molecule has 1 fully saturated rings. The molecular weight excluding hydrogens is 997 g/mol. The van der Waals surface area contributed by atoms with E-state index in [1.165, 1.54) is 0 Å². The largest absolute Gasteiger partial charge is 0.479 e. The summed E-state index contributed by atoms with van der Waals surface area (Å²) in [5, 5.41) is 31.4. The van der Waals surface area contributed by atoms with Gasteiger partial charge in [-0.2, -0.15) is 0 Å². The van der Waals surface area contributed by atoms with Crippen molar-refractivity contribution in [2.24, 2.45) is 0 Å². The maximum Gasteiger partial charge on any atom is 0.335 e. The number of rotatable bonds is 45. The van der Waals surface area contributed by atoms with Crippen LogP contribution in [-0.4, -0.2) is 89.2 Å². The second kappa shape index (κ2) is 52.5. The lowest BCUT2D eigenvalue weighted by atomic mass is 9.98. The third kappa shape index (κ3) is 42.4. The average molecular weight is 1090 g/mol. The highest BCUT2D eigenvalue weighted by molar-refractivity contribution is 5.74. The third-order valence-electron chi connectivity index (χ3n) is 11.5. The number of carbonyl (C=O) groups is 4. The van der Waals surface area contributed by atoms with Crippen LogP contribution in [0.4, 0.5) is 0 Å². The van der Waals surface area contributed by atoms with Crippen LogP contribution in [0.25, 0.3) is 0 Å². The average Bonchev–Trinajstić information content (AvgIpc) is 3.47. The van der Waals surface area contributed by atoms with Crippen LogP contribution < -0.4 is 0 Å². The lowest BCUT2D eigenvalue weighted by Crippen LogP contribution is -2.61. The molecule has 0 aromatic carbocycles. The zero-order chi connectivity index (χ0) is 57.5. The van der Waals surface area contributed by atoms with Crippen molar-refractivity contribution < 1.29 is 58.2 Å². The van der Waals surface area contributed by atoms with Gasteiger partial charge in [0.05, 0.1) is 6.61 Å². The third-order valence-corrected chi connectivity index (χ3v) is 11.5. The lowest BCUT2D eigenvalue weighted by molar-refractivity contribution is -0.301. The Bertz CT molecular complexity index is 2070. The number of aliphatic hydroxyl groups is 2. The van der Waals surface area contributed by atoms with E-state index in [0.29, 0.717) is 38.5 Å². The molecule has 0 aliphatic carbocycles. The predicted octanol–water partition coefficient (Wildman–Crippen LogP) is 14.9. The number of carboxylic acids is 1. The summed E-state index contributed by atoms with van der Waals surface area (Å²) in [6, 6.07) is 0. The number of carbonyl (C=O) groups excluding carboxylic acids is 3. The Morgan fingerprint density at radius 1 is 0.418 bits per heavy atom. The summed E-state index contributed by atoms with van der Waals surface area (Å²) in [6.45, 7) is 5.46. The van der Waals surface area contributed by atoms with E-state index in [1.807, 2.05) is 42.5 Å². The maximum absolute atomic E-state index is 13.1. The Labute approximate surface area is 474 Å². The highest BCUT2D eigenvalue weighted by Crippen LogP contribution is 2.26. The molecule has 0 radical (unpaired) electrons. The standard InChI is InChI=1S/C67H96O12/c1-4-7-10-13-16-19-22-25-27-29-30-32-33-36-38-41-44-47-50-53-59(68)75-56-58(77-60(69)54-51-48-45-42-39-35-24-21-18-15-12-9-6-3)57-76-67-65(63(72)62(71)64(79-67)66(73)74)78-61(70)55-52-49-46-43-40-37-34-31-28-26-23-20-17-14-11-8-5-2/h7-12,16-21,25-28,30,32,34-39,43-48,58,62-65,67,71-72H,4-6,13-15,22-24,29,31,33,40-42,49-57H2,1-3H3,(H,73,74)/b10-7-,11-8-,12-9-,19-16-,20-17-,21-18-,27-25-,28-26-,32-30-,37-34-,38-36-,39-35-,46-43-,47-44-,48-45-. The minimum atomic E-state index is -1.95. The van der Waals surface area contributed by atoms with Gasteiger partial charge in [-0.1, -0.05) is 203 Å². The molecule has 436 valence electrons. The van der Waals surface area contributed by atoms with E-state index in [2.05, 4.69) is 161 Å². The smallest absolute Gasteiger partial charge is 0.335 e. The van der Waals surface area contributed by atoms with Gasteiger partial charge in [0.15, 0.2) is 24.6 Å². The van der Waals surface area contributed by atoms with Gasteiger partial charge in [-0.05, 0) is 122 Å². The molecule has 79 heavy (non-hydrogen) atoms. The zero-order valence-corrected chi connectivity index (χ0v) is 47.8. The molecule has 1 rings (SSSR count). The van der Waals surface area contributed by atoms with Gasteiger partial charge < -0.3 is 39.0 Å². The molecular formula is C67H96O12. The van der Waals surface area contributed by atoms with Crippen molar-refractivity contribution in [3.8, 4) is 0 Å². The summed E-state index contributed by atoms with van der Waals surface area (Å²) in [5.74, 6) is -3.46. The number of aliphatic carboxylic acids is 1. The molecule has 0 amide bonds. The first-order valence-corrected chi connectivity index (χ1v) is 28.8. The van der Waals surface area contributed by atoms with Crippen molar-refractivity contribution in [3.63, 3.8) is 0 Å². The molecule has 6 atom stereocenters. The number of ether oxygens (including phenoxy) is 5. The fourth-order valence-corrected chi connectivity index (χ4v) is 7.20. The van der Waals surface area contributed by atoms with Crippen LogP contribution in [0, 0.1) is 0 Å². The first-order chi connectivity index (χ1) is 38.6. The quantitative estimate of drug-likeness (QED) is 0.0228. The second-order valence-electron chi connectivity index (χ2n) is 18.4. The lowest BCUT2D eigenvalue weighted by Gasteiger charge is -2.40. The van der Waals surface area contributed by atoms with E-state index >= 15 is 0 Å². The van der Waals surface area contributed by atoms with Gasteiger partial charge in [0.1, 0.15) is 18.8 Å². The molecule has 1 heterocycles. The number of unbranched alkanes of at least 4 members (excludes halogenated alkanes) is 1. The van der Waals surface area contributed by atoms with E-state index in [9.17, 15) is 34.5 Å². The van der Waals surface area contributed by atoms with Crippen molar-refractivity contribution in [2.75, 3.05) is 13.2 Å². The molecule has 0 aromatic heterocycles.